The summed E-state index contributed by atoms with van der Waals surface area (Å²) in [6, 6.07) is 0. The summed E-state index contributed by atoms with van der Waals surface area (Å²) >= 11 is 0. The summed E-state index contributed by atoms with van der Waals surface area (Å²) in [5.74, 6) is -0.711. The predicted octanol–water partition coefficient (Wildman–Crippen LogP) is -0.576. The van der Waals surface area contributed by atoms with Crippen LogP contribution in [0.15, 0.2) is 0 Å². The average Bonchev–Trinajstić information content (AvgIpc) is 1.95. The van der Waals surface area contributed by atoms with Crippen LogP contribution in [0, 0.1) is 5.92 Å². The fraction of sp³-hybridized carbons (Fsp3) is 0.800. The minimum atomic E-state index is -3.24. The van der Waals surface area contributed by atoms with Gasteiger partial charge >= 0.3 is 0 Å². The van der Waals surface area contributed by atoms with Crippen LogP contribution in [-0.4, -0.2) is 31.4 Å². The molecule has 1 heterocycles. The van der Waals surface area contributed by atoms with Crippen LogP contribution in [0.2, 0.25) is 0 Å². The molecule has 0 aromatic carbocycles. The van der Waals surface area contributed by atoms with Gasteiger partial charge in [0.25, 0.3) is 0 Å². The summed E-state index contributed by atoms with van der Waals surface area (Å²) in [4.78, 5) is 10.9. The Hall–Kier alpha value is -0.580. The molecule has 0 aromatic rings. The lowest BCUT2D eigenvalue weighted by molar-refractivity contribution is -0.127. The molecule has 1 aliphatic heterocycles. The standard InChI is InChI=1S/C5H9NO3S/c1-4-3-10(8,9)6(2)5(4)7/h4H,3H2,1-2H3. The highest BCUT2D eigenvalue weighted by atomic mass is 32.2. The monoisotopic (exact) mass is 163 g/mol. The van der Waals surface area contributed by atoms with Gasteiger partial charge in [-0.05, 0) is 0 Å². The molecule has 0 radical (unpaired) electrons. The summed E-state index contributed by atoms with van der Waals surface area (Å²) in [6.07, 6.45) is 0. The van der Waals surface area contributed by atoms with Crippen molar-refractivity contribution >= 4 is 15.9 Å². The number of carbonyl (C=O) groups excluding carboxylic acids is 1. The molecule has 1 rings (SSSR count). The van der Waals surface area contributed by atoms with E-state index in [2.05, 4.69) is 0 Å². The highest BCUT2D eigenvalue weighted by molar-refractivity contribution is 7.90. The normalized spacial score (nSPS) is 31.2. The van der Waals surface area contributed by atoms with E-state index >= 15 is 0 Å². The van der Waals surface area contributed by atoms with E-state index in [1.54, 1.807) is 6.92 Å². The molecule has 1 atom stereocenters. The minimum Gasteiger partial charge on any atom is -0.273 e. The first-order valence-electron chi connectivity index (χ1n) is 2.95. The Morgan fingerprint density at radius 2 is 2.10 bits per heavy atom. The van der Waals surface area contributed by atoms with E-state index in [-0.39, 0.29) is 17.6 Å². The molecule has 1 fully saturated rings. The van der Waals surface area contributed by atoms with E-state index in [0.717, 1.165) is 4.31 Å². The summed E-state index contributed by atoms with van der Waals surface area (Å²) in [6.45, 7) is 1.61. The van der Waals surface area contributed by atoms with Crippen molar-refractivity contribution in [3.8, 4) is 0 Å². The topological polar surface area (TPSA) is 54.5 Å². The summed E-state index contributed by atoms with van der Waals surface area (Å²) in [5.41, 5.74) is 0. The molecule has 0 aliphatic carbocycles. The Bertz CT molecular complexity index is 256. The van der Waals surface area contributed by atoms with Gasteiger partial charge in [0, 0.05) is 7.05 Å². The summed E-state index contributed by atoms with van der Waals surface area (Å²) in [7, 11) is -1.95. The zero-order valence-corrected chi connectivity index (χ0v) is 6.68. The molecular formula is C5H9NO3S. The van der Waals surface area contributed by atoms with E-state index in [1.165, 1.54) is 7.05 Å². The Kier molecular flexibility index (Phi) is 1.47. The van der Waals surface area contributed by atoms with Gasteiger partial charge in [-0.3, -0.25) is 4.79 Å². The number of rotatable bonds is 0. The van der Waals surface area contributed by atoms with Gasteiger partial charge in [-0.25, -0.2) is 12.7 Å². The third kappa shape index (κ3) is 0.901. The smallest absolute Gasteiger partial charge is 0.239 e. The van der Waals surface area contributed by atoms with Gasteiger partial charge in [0.05, 0.1) is 11.7 Å². The lowest BCUT2D eigenvalue weighted by atomic mass is 10.2. The van der Waals surface area contributed by atoms with E-state index in [1.807, 2.05) is 0 Å². The van der Waals surface area contributed by atoms with Crippen LogP contribution in [0.25, 0.3) is 0 Å². The minimum absolute atomic E-state index is 0.0394. The number of carbonyl (C=O) groups is 1. The van der Waals surface area contributed by atoms with Crippen LogP contribution in [0.5, 0.6) is 0 Å². The molecule has 1 saturated heterocycles. The van der Waals surface area contributed by atoms with Gasteiger partial charge in [-0.2, -0.15) is 0 Å². The maximum Gasteiger partial charge on any atom is 0.239 e. The third-order valence-corrected chi connectivity index (χ3v) is 3.55. The highest BCUT2D eigenvalue weighted by Crippen LogP contribution is 2.17. The summed E-state index contributed by atoms with van der Waals surface area (Å²) < 4.78 is 22.6. The largest absolute Gasteiger partial charge is 0.273 e. The van der Waals surface area contributed by atoms with Crippen molar-refractivity contribution in [1.29, 1.82) is 0 Å². The predicted molar refractivity (Wildman–Crippen MR) is 35.7 cm³/mol. The highest BCUT2D eigenvalue weighted by Gasteiger charge is 2.37. The first-order valence-corrected chi connectivity index (χ1v) is 4.56. The van der Waals surface area contributed by atoms with Crippen molar-refractivity contribution in [2.24, 2.45) is 5.92 Å². The molecule has 0 saturated carbocycles. The van der Waals surface area contributed by atoms with Gasteiger partial charge in [0.2, 0.25) is 15.9 Å². The Balaban J connectivity index is 3.04. The number of nitrogens with zero attached hydrogens (tertiary/aromatic N) is 1. The van der Waals surface area contributed by atoms with Crippen LogP contribution >= 0.6 is 0 Å². The second-order valence-electron chi connectivity index (χ2n) is 2.49. The molecule has 1 aliphatic rings. The SMILES string of the molecule is CC1CS(=O)(=O)N(C)C1=O. The number of hydrogen-bond donors (Lipinski definition) is 0. The van der Waals surface area contributed by atoms with Gasteiger partial charge < -0.3 is 0 Å². The lowest BCUT2D eigenvalue weighted by Crippen LogP contribution is -2.25. The molecule has 1 unspecified atom stereocenters. The Morgan fingerprint density at radius 1 is 1.60 bits per heavy atom. The molecule has 10 heavy (non-hydrogen) atoms. The lowest BCUT2D eigenvalue weighted by Gasteiger charge is -2.05. The Morgan fingerprint density at radius 3 is 2.20 bits per heavy atom. The van der Waals surface area contributed by atoms with E-state index < -0.39 is 10.0 Å². The van der Waals surface area contributed by atoms with Crippen LogP contribution in [0.3, 0.4) is 0 Å². The third-order valence-electron chi connectivity index (χ3n) is 1.61. The van der Waals surface area contributed by atoms with Crippen molar-refractivity contribution in [2.45, 2.75) is 6.92 Å². The molecular weight excluding hydrogens is 154 g/mol. The zero-order chi connectivity index (χ0) is 7.94. The van der Waals surface area contributed by atoms with Gasteiger partial charge in [0.15, 0.2) is 0 Å². The number of sulfonamides is 1. The van der Waals surface area contributed by atoms with Crippen molar-refractivity contribution in [1.82, 2.24) is 4.31 Å². The van der Waals surface area contributed by atoms with Crippen LogP contribution in [0.4, 0.5) is 0 Å². The molecule has 0 N–H and O–H groups in total. The van der Waals surface area contributed by atoms with Gasteiger partial charge in [-0.15, -0.1) is 0 Å². The molecule has 0 spiro atoms. The average molecular weight is 163 g/mol. The van der Waals surface area contributed by atoms with Crippen LogP contribution in [0.1, 0.15) is 6.92 Å². The van der Waals surface area contributed by atoms with Gasteiger partial charge in [-0.1, -0.05) is 6.92 Å². The second-order valence-corrected chi connectivity index (χ2v) is 4.53. The maximum absolute atomic E-state index is 10.9. The molecule has 4 nitrogen and oxygen atoms in total. The molecule has 0 aromatic heterocycles. The Labute approximate surface area is 59.9 Å². The number of hydrogen-bond acceptors (Lipinski definition) is 3. The number of amides is 1. The molecule has 58 valence electrons. The fourth-order valence-electron chi connectivity index (χ4n) is 0.946. The molecule has 0 bridgehead atoms. The van der Waals surface area contributed by atoms with Crippen LogP contribution < -0.4 is 0 Å². The quantitative estimate of drug-likeness (QED) is 0.480. The van der Waals surface area contributed by atoms with Crippen molar-refractivity contribution in [3.63, 3.8) is 0 Å². The van der Waals surface area contributed by atoms with E-state index in [0.29, 0.717) is 0 Å². The molecule has 5 heteroatoms. The van der Waals surface area contributed by atoms with Crippen molar-refractivity contribution in [2.75, 3.05) is 12.8 Å². The maximum atomic E-state index is 10.9. The first-order chi connectivity index (χ1) is 4.45. The van der Waals surface area contributed by atoms with E-state index in [4.69, 9.17) is 0 Å². The first kappa shape index (κ1) is 7.53. The zero-order valence-electron chi connectivity index (χ0n) is 5.86. The van der Waals surface area contributed by atoms with Crippen molar-refractivity contribution < 1.29 is 13.2 Å². The van der Waals surface area contributed by atoms with Crippen molar-refractivity contribution in [3.05, 3.63) is 0 Å². The summed E-state index contributed by atoms with van der Waals surface area (Å²) in [5, 5.41) is 0. The van der Waals surface area contributed by atoms with E-state index in [9.17, 15) is 13.2 Å². The fourth-order valence-corrected chi connectivity index (χ4v) is 2.40. The van der Waals surface area contributed by atoms with Crippen LogP contribution in [-0.2, 0) is 14.8 Å². The van der Waals surface area contributed by atoms with Gasteiger partial charge in [0.1, 0.15) is 0 Å². The molecule has 1 amide bonds. The second kappa shape index (κ2) is 1.95.